The molecule has 1 N–H and O–H groups in total. The number of nitrogens with one attached hydrogen (secondary N) is 1. The van der Waals surface area contributed by atoms with Gasteiger partial charge >= 0.3 is 0 Å². The minimum Gasteiger partial charge on any atom is -0.383 e. The quantitative estimate of drug-likeness (QED) is 0.866. The Balaban J connectivity index is 2.18. The van der Waals surface area contributed by atoms with E-state index in [0.29, 0.717) is 10.3 Å². The fourth-order valence-corrected chi connectivity index (χ4v) is 4.17. The zero-order valence-corrected chi connectivity index (χ0v) is 13.3. The summed E-state index contributed by atoms with van der Waals surface area (Å²) in [5, 5.41) is 3.41. The Labute approximate surface area is 122 Å². The lowest BCUT2D eigenvalue weighted by Gasteiger charge is -2.28. The molecule has 0 heterocycles. The lowest BCUT2D eigenvalue weighted by molar-refractivity contribution is 0.306. The summed E-state index contributed by atoms with van der Waals surface area (Å²) in [7, 11) is -3.16. The zero-order valence-electron chi connectivity index (χ0n) is 12.5. The summed E-state index contributed by atoms with van der Waals surface area (Å²) in [5.41, 5.74) is 1.11. The topological polar surface area (TPSA) is 46.2 Å². The van der Waals surface area contributed by atoms with Gasteiger partial charge in [0.05, 0.1) is 16.3 Å². The number of benzene rings is 1. The summed E-state index contributed by atoms with van der Waals surface area (Å²) in [6, 6.07) is 7.26. The molecule has 1 fully saturated rings. The van der Waals surface area contributed by atoms with Crippen LogP contribution in [0.3, 0.4) is 0 Å². The highest BCUT2D eigenvalue weighted by molar-refractivity contribution is 7.91. The Morgan fingerprint density at radius 3 is 2.40 bits per heavy atom. The van der Waals surface area contributed by atoms with E-state index in [9.17, 15) is 8.42 Å². The van der Waals surface area contributed by atoms with Gasteiger partial charge in [0, 0.05) is 6.54 Å². The number of rotatable bonds is 6. The van der Waals surface area contributed by atoms with E-state index in [1.54, 1.807) is 19.1 Å². The van der Waals surface area contributed by atoms with Gasteiger partial charge in [0.1, 0.15) is 0 Å². The van der Waals surface area contributed by atoms with E-state index < -0.39 is 9.84 Å². The van der Waals surface area contributed by atoms with Crippen LogP contribution in [0.15, 0.2) is 29.2 Å². The van der Waals surface area contributed by atoms with Crippen LogP contribution in [-0.2, 0) is 9.84 Å². The summed E-state index contributed by atoms with van der Waals surface area (Å²) in [6.45, 7) is 4.80. The first kappa shape index (κ1) is 15.4. The standard InChI is InChI=1S/C16H25NO2S/c1-3-16(11-7-8-12-16)13-17-14-9-5-6-10-15(14)20(18,19)4-2/h5-6,9-10,17H,3-4,7-8,11-13H2,1-2H3. The number of sulfone groups is 1. The predicted molar refractivity (Wildman–Crippen MR) is 83.9 cm³/mol. The van der Waals surface area contributed by atoms with Crippen molar-refractivity contribution in [2.75, 3.05) is 17.6 Å². The highest BCUT2D eigenvalue weighted by atomic mass is 32.2. The smallest absolute Gasteiger partial charge is 0.180 e. The van der Waals surface area contributed by atoms with Crippen molar-refractivity contribution in [2.45, 2.75) is 50.8 Å². The van der Waals surface area contributed by atoms with Crippen LogP contribution >= 0.6 is 0 Å². The van der Waals surface area contributed by atoms with Gasteiger partial charge in [-0.1, -0.05) is 38.8 Å². The SMILES string of the molecule is CCC1(CNc2ccccc2S(=O)(=O)CC)CCCC1. The van der Waals surface area contributed by atoms with Gasteiger partial charge in [-0.2, -0.15) is 0 Å². The molecule has 0 saturated heterocycles. The van der Waals surface area contributed by atoms with Gasteiger partial charge in [-0.05, 0) is 36.8 Å². The van der Waals surface area contributed by atoms with Gasteiger partial charge in [-0.25, -0.2) is 8.42 Å². The Morgan fingerprint density at radius 2 is 1.80 bits per heavy atom. The number of hydrogen-bond acceptors (Lipinski definition) is 3. The summed E-state index contributed by atoms with van der Waals surface area (Å²) in [4.78, 5) is 0.437. The molecule has 1 aliphatic rings. The van der Waals surface area contributed by atoms with Gasteiger partial charge < -0.3 is 5.32 Å². The van der Waals surface area contributed by atoms with Crippen LogP contribution in [0.4, 0.5) is 5.69 Å². The zero-order chi connectivity index (χ0) is 14.6. The van der Waals surface area contributed by atoms with E-state index in [1.807, 2.05) is 12.1 Å². The predicted octanol–water partition coefficient (Wildman–Crippen LogP) is 3.86. The molecular formula is C16H25NO2S. The fourth-order valence-electron chi connectivity index (χ4n) is 3.10. The Hall–Kier alpha value is -1.03. The highest BCUT2D eigenvalue weighted by Gasteiger charge is 2.32. The third kappa shape index (κ3) is 3.17. The second-order valence-electron chi connectivity index (χ2n) is 5.81. The van der Waals surface area contributed by atoms with E-state index in [4.69, 9.17) is 0 Å². The molecule has 4 heteroatoms. The third-order valence-corrected chi connectivity index (χ3v) is 6.46. The molecule has 0 spiro atoms. The molecule has 1 aromatic carbocycles. The molecule has 0 radical (unpaired) electrons. The molecule has 112 valence electrons. The first-order valence-electron chi connectivity index (χ1n) is 7.59. The van der Waals surface area contributed by atoms with Crippen LogP contribution in [0.5, 0.6) is 0 Å². The summed E-state index contributed by atoms with van der Waals surface area (Å²) in [5.74, 6) is 0.143. The molecule has 0 unspecified atom stereocenters. The molecule has 1 saturated carbocycles. The van der Waals surface area contributed by atoms with E-state index in [-0.39, 0.29) is 5.75 Å². The van der Waals surface area contributed by atoms with Crippen molar-refractivity contribution >= 4 is 15.5 Å². The minimum absolute atomic E-state index is 0.143. The molecule has 0 bridgehead atoms. The van der Waals surface area contributed by atoms with Gasteiger partial charge in [-0.15, -0.1) is 0 Å². The molecular weight excluding hydrogens is 270 g/mol. The second kappa shape index (κ2) is 6.17. The van der Waals surface area contributed by atoms with Gasteiger partial charge in [0.15, 0.2) is 9.84 Å². The van der Waals surface area contributed by atoms with Crippen molar-refractivity contribution in [3.63, 3.8) is 0 Å². The third-order valence-electron chi connectivity index (χ3n) is 4.67. The average Bonchev–Trinajstić information content (AvgIpc) is 2.95. The molecule has 0 aliphatic heterocycles. The molecule has 0 aromatic heterocycles. The lowest BCUT2D eigenvalue weighted by Crippen LogP contribution is -2.26. The van der Waals surface area contributed by atoms with E-state index >= 15 is 0 Å². The van der Waals surface area contributed by atoms with Crippen LogP contribution in [0.25, 0.3) is 0 Å². The van der Waals surface area contributed by atoms with Crippen LogP contribution in [0.2, 0.25) is 0 Å². The molecule has 1 aromatic rings. The van der Waals surface area contributed by atoms with Gasteiger partial charge in [-0.3, -0.25) is 0 Å². The Morgan fingerprint density at radius 1 is 1.15 bits per heavy atom. The van der Waals surface area contributed by atoms with E-state index in [1.165, 1.54) is 25.7 Å². The second-order valence-corrected chi connectivity index (χ2v) is 8.06. The normalized spacial score (nSPS) is 18.1. The summed E-state index contributed by atoms with van der Waals surface area (Å²) >= 11 is 0. The highest BCUT2D eigenvalue weighted by Crippen LogP contribution is 2.41. The van der Waals surface area contributed by atoms with Gasteiger partial charge in [0.2, 0.25) is 0 Å². The molecule has 0 amide bonds. The van der Waals surface area contributed by atoms with Crippen LogP contribution in [-0.4, -0.2) is 20.7 Å². The summed E-state index contributed by atoms with van der Waals surface area (Å²) < 4.78 is 24.3. The molecule has 0 atom stereocenters. The van der Waals surface area contributed by atoms with Crippen molar-refractivity contribution in [2.24, 2.45) is 5.41 Å². The number of para-hydroxylation sites is 1. The van der Waals surface area contributed by atoms with Crippen LogP contribution in [0, 0.1) is 5.41 Å². The number of anilines is 1. The maximum Gasteiger partial charge on any atom is 0.180 e. The van der Waals surface area contributed by atoms with Crippen molar-refractivity contribution < 1.29 is 8.42 Å². The molecule has 3 nitrogen and oxygen atoms in total. The van der Waals surface area contributed by atoms with E-state index in [0.717, 1.165) is 18.7 Å². The fraction of sp³-hybridized carbons (Fsp3) is 0.625. The molecule has 1 aliphatic carbocycles. The average molecular weight is 295 g/mol. The maximum absolute atomic E-state index is 12.1. The lowest BCUT2D eigenvalue weighted by atomic mass is 9.83. The van der Waals surface area contributed by atoms with Crippen LogP contribution in [0.1, 0.15) is 46.0 Å². The van der Waals surface area contributed by atoms with Crippen molar-refractivity contribution in [1.82, 2.24) is 0 Å². The monoisotopic (exact) mass is 295 g/mol. The summed E-state index contributed by atoms with van der Waals surface area (Å²) in [6.07, 6.45) is 6.25. The largest absolute Gasteiger partial charge is 0.383 e. The Bertz CT molecular complexity index is 545. The van der Waals surface area contributed by atoms with Crippen molar-refractivity contribution in [1.29, 1.82) is 0 Å². The molecule has 2 rings (SSSR count). The van der Waals surface area contributed by atoms with Gasteiger partial charge in [0.25, 0.3) is 0 Å². The minimum atomic E-state index is -3.16. The first-order valence-corrected chi connectivity index (χ1v) is 9.24. The molecule has 20 heavy (non-hydrogen) atoms. The van der Waals surface area contributed by atoms with Crippen molar-refractivity contribution in [3.05, 3.63) is 24.3 Å². The maximum atomic E-state index is 12.1. The Kier molecular flexibility index (Phi) is 4.74. The van der Waals surface area contributed by atoms with Crippen molar-refractivity contribution in [3.8, 4) is 0 Å². The van der Waals surface area contributed by atoms with E-state index in [2.05, 4.69) is 12.2 Å². The number of hydrogen-bond donors (Lipinski definition) is 1. The van der Waals surface area contributed by atoms with Crippen LogP contribution < -0.4 is 5.32 Å². The first-order chi connectivity index (χ1) is 9.53.